The number of aromatic nitrogens is 1. The Morgan fingerprint density at radius 1 is 1.48 bits per heavy atom. The fraction of sp³-hybridized carbons (Fsp3) is 0.625. The second-order valence-corrected chi connectivity index (χ2v) is 6.15. The van der Waals surface area contributed by atoms with Crippen LogP contribution in [0.2, 0.25) is 0 Å². The Labute approximate surface area is 126 Å². The number of carbonyl (C=O) groups is 1. The Balaban J connectivity index is 2.04. The summed E-state index contributed by atoms with van der Waals surface area (Å²) in [6, 6.07) is 3.55. The van der Waals surface area contributed by atoms with Gasteiger partial charge in [-0.05, 0) is 31.9 Å². The molecule has 5 nitrogen and oxygen atoms in total. The van der Waals surface area contributed by atoms with Crippen LogP contribution in [-0.2, 0) is 11.2 Å². The van der Waals surface area contributed by atoms with Crippen LogP contribution in [0.5, 0.6) is 0 Å². The fourth-order valence-corrected chi connectivity index (χ4v) is 2.78. The van der Waals surface area contributed by atoms with E-state index in [2.05, 4.69) is 24.1 Å². The molecule has 1 aliphatic carbocycles. The van der Waals surface area contributed by atoms with E-state index in [0.29, 0.717) is 18.0 Å². The Morgan fingerprint density at radius 2 is 2.19 bits per heavy atom. The van der Waals surface area contributed by atoms with Crippen LogP contribution in [0.15, 0.2) is 12.1 Å². The summed E-state index contributed by atoms with van der Waals surface area (Å²) in [5.41, 5.74) is 7.12. The molecule has 0 radical (unpaired) electrons. The van der Waals surface area contributed by atoms with E-state index < -0.39 is 0 Å². The molecule has 116 valence electrons. The van der Waals surface area contributed by atoms with Gasteiger partial charge in [0, 0.05) is 29.3 Å². The minimum Gasteiger partial charge on any atom is -0.384 e. The van der Waals surface area contributed by atoms with Crippen LogP contribution in [0.4, 0.5) is 5.82 Å². The highest BCUT2D eigenvalue weighted by molar-refractivity contribution is 5.95. The van der Waals surface area contributed by atoms with Crippen molar-refractivity contribution >= 4 is 11.7 Å². The van der Waals surface area contributed by atoms with Crippen LogP contribution < -0.4 is 11.1 Å². The first-order valence-corrected chi connectivity index (χ1v) is 7.57. The SMILES string of the molecule is CCOC1CC(NC(=O)c2cc(N)nc(CC)c2)C1(C)C. The maximum Gasteiger partial charge on any atom is 0.251 e. The number of rotatable bonds is 5. The van der Waals surface area contributed by atoms with Gasteiger partial charge in [-0.25, -0.2) is 4.98 Å². The predicted octanol–water partition coefficient (Wildman–Crippen LogP) is 2.16. The molecule has 0 saturated heterocycles. The molecule has 2 atom stereocenters. The van der Waals surface area contributed by atoms with Gasteiger partial charge in [0.2, 0.25) is 0 Å². The molecular formula is C16H25N3O2. The van der Waals surface area contributed by atoms with Crippen molar-refractivity contribution in [2.45, 2.75) is 52.7 Å². The number of nitrogens with one attached hydrogen (secondary N) is 1. The third-order valence-electron chi connectivity index (χ3n) is 4.37. The highest BCUT2D eigenvalue weighted by atomic mass is 16.5. The lowest BCUT2D eigenvalue weighted by Gasteiger charge is -2.51. The van der Waals surface area contributed by atoms with E-state index in [-0.39, 0.29) is 23.5 Å². The number of ether oxygens (including phenoxy) is 1. The predicted molar refractivity (Wildman–Crippen MR) is 83.1 cm³/mol. The normalized spacial score (nSPS) is 23.4. The van der Waals surface area contributed by atoms with Gasteiger partial charge in [0.25, 0.3) is 5.91 Å². The molecule has 1 aliphatic rings. The second kappa shape index (κ2) is 6.02. The highest BCUT2D eigenvalue weighted by Crippen LogP contribution is 2.42. The minimum atomic E-state index is -0.0909. The average molecular weight is 291 g/mol. The van der Waals surface area contributed by atoms with Crippen LogP contribution in [0.25, 0.3) is 0 Å². The number of hydrogen-bond acceptors (Lipinski definition) is 4. The zero-order chi connectivity index (χ0) is 15.6. The summed E-state index contributed by atoms with van der Waals surface area (Å²) in [4.78, 5) is 16.6. The number of nitrogens with two attached hydrogens (primary N) is 1. The zero-order valence-electron chi connectivity index (χ0n) is 13.3. The van der Waals surface area contributed by atoms with Gasteiger partial charge in [-0.3, -0.25) is 4.79 Å². The van der Waals surface area contributed by atoms with E-state index in [1.165, 1.54) is 0 Å². The van der Waals surface area contributed by atoms with Crippen LogP contribution in [0, 0.1) is 5.41 Å². The molecule has 3 N–H and O–H groups in total. The van der Waals surface area contributed by atoms with E-state index in [0.717, 1.165) is 18.5 Å². The molecule has 1 fully saturated rings. The Morgan fingerprint density at radius 3 is 2.76 bits per heavy atom. The van der Waals surface area contributed by atoms with Gasteiger partial charge >= 0.3 is 0 Å². The van der Waals surface area contributed by atoms with E-state index >= 15 is 0 Å². The van der Waals surface area contributed by atoms with Gasteiger partial charge in [0.15, 0.2) is 0 Å². The summed E-state index contributed by atoms with van der Waals surface area (Å²) in [5, 5.41) is 3.09. The van der Waals surface area contributed by atoms with Crippen molar-refractivity contribution in [2.75, 3.05) is 12.3 Å². The third kappa shape index (κ3) is 3.18. The number of hydrogen-bond donors (Lipinski definition) is 2. The van der Waals surface area contributed by atoms with Gasteiger partial charge in [-0.15, -0.1) is 0 Å². The molecule has 1 aromatic heterocycles. The molecule has 2 rings (SSSR count). The van der Waals surface area contributed by atoms with E-state index in [9.17, 15) is 4.79 Å². The van der Waals surface area contributed by atoms with Crippen molar-refractivity contribution < 1.29 is 9.53 Å². The standard InChI is InChI=1S/C16H25N3O2/c1-5-11-7-10(8-14(17)18-11)15(20)19-12-9-13(21-6-2)16(12,3)4/h7-8,12-13H,5-6,9H2,1-4H3,(H2,17,18)(H,19,20). The van der Waals surface area contributed by atoms with Crippen molar-refractivity contribution in [2.24, 2.45) is 5.41 Å². The molecule has 0 aliphatic heterocycles. The number of nitrogens with zero attached hydrogens (tertiary/aromatic N) is 1. The van der Waals surface area contributed by atoms with Gasteiger partial charge in [0.1, 0.15) is 5.82 Å². The van der Waals surface area contributed by atoms with Crippen LogP contribution in [0.3, 0.4) is 0 Å². The van der Waals surface area contributed by atoms with Crippen LogP contribution >= 0.6 is 0 Å². The number of carbonyl (C=O) groups excluding carboxylic acids is 1. The molecule has 0 aromatic carbocycles. The van der Waals surface area contributed by atoms with Gasteiger partial charge in [0.05, 0.1) is 6.10 Å². The monoisotopic (exact) mass is 291 g/mol. The summed E-state index contributed by atoms with van der Waals surface area (Å²) in [7, 11) is 0. The maximum atomic E-state index is 12.4. The fourth-order valence-electron chi connectivity index (χ4n) is 2.78. The summed E-state index contributed by atoms with van der Waals surface area (Å²) >= 11 is 0. The first-order chi connectivity index (χ1) is 9.88. The van der Waals surface area contributed by atoms with Gasteiger partial charge in [-0.1, -0.05) is 20.8 Å². The molecule has 1 aromatic rings. The van der Waals surface area contributed by atoms with Gasteiger partial charge < -0.3 is 15.8 Å². The summed E-state index contributed by atoms with van der Waals surface area (Å²) in [5.74, 6) is 0.298. The van der Waals surface area contributed by atoms with Crippen molar-refractivity contribution in [1.29, 1.82) is 0 Å². The molecule has 1 amide bonds. The number of nitrogen functional groups attached to an aromatic ring is 1. The summed E-state index contributed by atoms with van der Waals surface area (Å²) < 4.78 is 5.68. The molecule has 5 heteroatoms. The molecule has 0 bridgehead atoms. The van der Waals surface area contributed by atoms with Crippen molar-refractivity contribution in [3.05, 3.63) is 23.4 Å². The maximum absolute atomic E-state index is 12.4. The molecule has 21 heavy (non-hydrogen) atoms. The van der Waals surface area contributed by atoms with Crippen molar-refractivity contribution in [1.82, 2.24) is 10.3 Å². The Kier molecular flexibility index (Phi) is 4.52. The third-order valence-corrected chi connectivity index (χ3v) is 4.37. The van der Waals surface area contributed by atoms with E-state index in [1.54, 1.807) is 12.1 Å². The van der Waals surface area contributed by atoms with Crippen molar-refractivity contribution in [3.8, 4) is 0 Å². The lowest BCUT2D eigenvalue weighted by Crippen LogP contribution is -2.62. The summed E-state index contributed by atoms with van der Waals surface area (Å²) in [6.07, 6.45) is 1.82. The quantitative estimate of drug-likeness (QED) is 0.871. The first kappa shape index (κ1) is 15.8. The number of anilines is 1. The van der Waals surface area contributed by atoms with Crippen LogP contribution in [0.1, 0.15) is 50.2 Å². The number of amides is 1. The number of pyridine rings is 1. The van der Waals surface area contributed by atoms with E-state index in [4.69, 9.17) is 10.5 Å². The second-order valence-electron chi connectivity index (χ2n) is 6.15. The number of aryl methyl sites for hydroxylation is 1. The lowest BCUT2D eigenvalue weighted by atomic mass is 9.64. The average Bonchev–Trinajstić information content (AvgIpc) is 2.45. The van der Waals surface area contributed by atoms with Gasteiger partial charge in [-0.2, -0.15) is 0 Å². The molecule has 1 saturated carbocycles. The highest BCUT2D eigenvalue weighted by Gasteiger charge is 2.49. The Bertz CT molecular complexity index is 528. The molecule has 1 heterocycles. The molecule has 2 unspecified atom stereocenters. The van der Waals surface area contributed by atoms with Crippen LogP contribution in [-0.4, -0.2) is 29.6 Å². The zero-order valence-corrected chi connectivity index (χ0v) is 13.3. The molecule has 0 spiro atoms. The van der Waals surface area contributed by atoms with E-state index in [1.807, 2.05) is 13.8 Å². The topological polar surface area (TPSA) is 77.2 Å². The first-order valence-electron chi connectivity index (χ1n) is 7.57. The minimum absolute atomic E-state index is 0.0438. The summed E-state index contributed by atoms with van der Waals surface area (Å²) in [6.45, 7) is 8.94. The smallest absolute Gasteiger partial charge is 0.251 e. The largest absolute Gasteiger partial charge is 0.384 e. The molecular weight excluding hydrogens is 266 g/mol. The lowest BCUT2D eigenvalue weighted by molar-refractivity contribution is -0.111. The van der Waals surface area contributed by atoms with Crippen molar-refractivity contribution in [3.63, 3.8) is 0 Å². The Hall–Kier alpha value is -1.62.